The quantitative estimate of drug-likeness (QED) is 0.0969. The fourth-order valence-corrected chi connectivity index (χ4v) is 14.4. The lowest BCUT2D eigenvalue weighted by molar-refractivity contribution is -0.302. The zero-order valence-corrected chi connectivity index (χ0v) is 47.1. The number of aliphatic hydroxyl groups is 2. The number of amides is 1. The third-order valence-corrected chi connectivity index (χ3v) is 18.8. The fourth-order valence-electron chi connectivity index (χ4n) is 12.2. The number of ether oxygens (including phenoxy) is 5. The van der Waals surface area contributed by atoms with Crippen molar-refractivity contribution in [2.75, 3.05) is 27.9 Å². The standard InChI is InChI=1S/C60H86NO12Si/c1-13-22-43-32-38(2)31-39(3)33-50(68-10)54-51(69-11)34-41(5)60(67,72-54)55(64)56(65)61-30-21-20-27-47(61)57(66)71-53(42(6)48(62)35-49(43)63)40(4)36-59(29-28-46(58(7,8)9)52(37-59)70-12)73-74(44-23-16-14-17-24-44)45-25-18-15-19-26-45/h13-19,23-26,32,36,39,41-43,46-48,50-54,62,67H,1,20-22,27-31,33-35,37H2,2-12H3. The number of piperidine rings is 1. The van der Waals surface area contributed by atoms with Gasteiger partial charge in [-0.15, -0.1) is 6.58 Å². The van der Waals surface area contributed by atoms with Gasteiger partial charge in [0.05, 0.1) is 30.0 Å². The Kier molecular flexibility index (Phi) is 20.6. The van der Waals surface area contributed by atoms with E-state index in [1.54, 1.807) is 27.0 Å². The first-order chi connectivity index (χ1) is 35.1. The van der Waals surface area contributed by atoms with Crippen LogP contribution in [-0.2, 0) is 47.3 Å². The van der Waals surface area contributed by atoms with Crippen LogP contribution in [0, 0.1) is 35.0 Å². The first-order valence-corrected chi connectivity index (χ1v) is 28.4. The van der Waals surface area contributed by atoms with E-state index in [-0.39, 0.29) is 54.9 Å². The van der Waals surface area contributed by atoms with Gasteiger partial charge in [0.2, 0.25) is 5.79 Å². The summed E-state index contributed by atoms with van der Waals surface area (Å²) in [5, 5.41) is 26.7. The van der Waals surface area contributed by atoms with E-state index in [2.05, 4.69) is 64.6 Å². The zero-order chi connectivity index (χ0) is 54.1. The number of methoxy groups -OCH3 is 3. The average molecular weight is 1040 g/mol. The summed E-state index contributed by atoms with van der Waals surface area (Å²) in [6.45, 7) is 20.0. The Labute approximate surface area is 443 Å². The van der Waals surface area contributed by atoms with Crippen LogP contribution in [0.3, 0.4) is 0 Å². The van der Waals surface area contributed by atoms with E-state index >= 15 is 4.79 Å². The summed E-state index contributed by atoms with van der Waals surface area (Å²) in [5.41, 5.74) is 0.539. The van der Waals surface area contributed by atoms with Crippen molar-refractivity contribution < 1.29 is 57.5 Å². The summed E-state index contributed by atoms with van der Waals surface area (Å²) in [6.07, 6.45) is 5.53. The molecule has 3 heterocycles. The van der Waals surface area contributed by atoms with Gasteiger partial charge in [0, 0.05) is 58.5 Å². The predicted octanol–water partition coefficient (Wildman–Crippen LogP) is 7.89. The predicted molar refractivity (Wildman–Crippen MR) is 288 cm³/mol. The number of allylic oxidation sites excluding steroid dienone is 3. The van der Waals surface area contributed by atoms with Gasteiger partial charge in [-0.05, 0) is 105 Å². The molecule has 0 spiro atoms. The van der Waals surface area contributed by atoms with E-state index in [1.165, 1.54) is 19.1 Å². The highest BCUT2D eigenvalue weighted by Crippen LogP contribution is 2.46. The second-order valence-electron chi connectivity index (χ2n) is 23.1. The lowest BCUT2D eigenvalue weighted by Crippen LogP contribution is -2.64. The number of esters is 1. The number of fused-ring (bicyclic) bond motifs is 3. The number of aliphatic hydroxyl groups excluding tert-OH is 1. The summed E-state index contributed by atoms with van der Waals surface area (Å²) >= 11 is 0. The molecule has 2 N–H and O–H groups in total. The van der Waals surface area contributed by atoms with Crippen molar-refractivity contribution in [3.05, 3.63) is 96.6 Å². The Morgan fingerprint density at radius 2 is 1.49 bits per heavy atom. The van der Waals surface area contributed by atoms with Crippen molar-refractivity contribution in [1.82, 2.24) is 4.90 Å². The third kappa shape index (κ3) is 13.9. The van der Waals surface area contributed by atoms with Crippen molar-refractivity contribution in [2.24, 2.45) is 35.0 Å². The number of ketones is 2. The van der Waals surface area contributed by atoms with Crippen molar-refractivity contribution in [1.29, 1.82) is 0 Å². The van der Waals surface area contributed by atoms with Crippen LogP contribution in [0.25, 0.3) is 0 Å². The lowest BCUT2D eigenvalue weighted by atomic mass is 9.66. The molecule has 3 fully saturated rings. The molecule has 13 nitrogen and oxygen atoms in total. The molecular formula is C60H86NO12Si. The zero-order valence-electron chi connectivity index (χ0n) is 46.1. The molecule has 1 amide bonds. The molecule has 2 aromatic carbocycles. The number of rotatable bonds is 11. The van der Waals surface area contributed by atoms with E-state index in [4.69, 9.17) is 28.1 Å². The van der Waals surface area contributed by atoms with E-state index in [9.17, 15) is 24.6 Å². The molecule has 1 radical (unpaired) electrons. The van der Waals surface area contributed by atoms with Gasteiger partial charge in [0.25, 0.3) is 20.7 Å². The monoisotopic (exact) mass is 1040 g/mol. The second kappa shape index (κ2) is 25.8. The number of benzene rings is 2. The molecule has 14 heteroatoms. The molecule has 6 rings (SSSR count). The largest absolute Gasteiger partial charge is 0.456 e. The number of cyclic esters (lactones) is 1. The summed E-state index contributed by atoms with van der Waals surface area (Å²) in [6, 6.07) is 19.2. The Bertz CT molecular complexity index is 2240. The highest BCUT2D eigenvalue weighted by atomic mass is 28.3. The minimum Gasteiger partial charge on any atom is -0.456 e. The molecule has 1 aliphatic carbocycles. The van der Waals surface area contributed by atoms with Crippen LogP contribution in [0.2, 0.25) is 0 Å². The molecule has 0 aromatic heterocycles. The Morgan fingerprint density at radius 1 is 0.878 bits per heavy atom. The molecule has 2 saturated heterocycles. The van der Waals surface area contributed by atoms with Crippen LogP contribution in [0.15, 0.2) is 96.6 Å². The molecule has 3 aliphatic heterocycles. The molecule has 4 aliphatic rings. The van der Waals surface area contributed by atoms with Crippen molar-refractivity contribution in [3.63, 3.8) is 0 Å². The summed E-state index contributed by atoms with van der Waals surface area (Å²) < 4.78 is 38.9. The normalized spacial score (nSPS) is 34.8. The van der Waals surface area contributed by atoms with Gasteiger partial charge in [0.15, 0.2) is 0 Å². The van der Waals surface area contributed by atoms with Crippen molar-refractivity contribution in [3.8, 4) is 0 Å². The van der Waals surface area contributed by atoms with E-state index < -0.39 is 92.4 Å². The van der Waals surface area contributed by atoms with Gasteiger partial charge in [-0.1, -0.05) is 126 Å². The molecule has 2 aromatic rings. The van der Waals surface area contributed by atoms with Crippen molar-refractivity contribution >= 4 is 42.9 Å². The van der Waals surface area contributed by atoms with Crippen LogP contribution in [0.4, 0.5) is 0 Å². The first-order valence-electron chi connectivity index (χ1n) is 27.0. The van der Waals surface area contributed by atoms with E-state index in [1.807, 2.05) is 56.3 Å². The SMILES string of the molecule is C=CCC1C=C(C)CC(C)CC(OC)C2OC(O)(C(=O)C(=O)N3CCCCC3C(=O)OC(C(C)=CC3(O[Si](c4ccccc4)c4ccccc4)CCC(C(C)(C)C)C(OC)C3)C(C)C(O)CC1=O)C(C)CC2OC. The van der Waals surface area contributed by atoms with E-state index in [0.29, 0.717) is 50.5 Å². The van der Waals surface area contributed by atoms with Crippen LogP contribution >= 0.6 is 0 Å². The first kappa shape index (κ1) is 59.1. The van der Waals surface area contributed by atoms with Gasteiger partial charge >= 0.3 is 5.97 Å². The molecule has 1 saturated carbocycles. The second-order valence-corrected chi connectivity index (χ2v) is 25.1. The Hall–Kier alpha value is -4.12. The summed E-state index contributed by atoms with van der Waals surface area (Å²) in [4.78, 5) is 60.0. The minimum absolute atomic E-state index is 0.0124. The molecule has 74 heavy (non-hydrogen) atoms. The molecule has 2 bridgehead atoms. The Morgan fingerprint density at radius 3 is 2.07 bits per heavy atom. The molecule has 407 valence electrons. The fraction of sp³-hybridized carbons (Fsp3) is 0.633. The summed E-state index contributed by atoms with van der Waals surface area (Å²) in [7, 11) is 2.90. The van der Waals surface area contributed by atoms with E-state index in [0.717, 1.165) is 22.4 Å². The number of carbonyl (C=O) groups excluding carboxylic acids is 4. The number of nitrogens with zero attached hydrogens (tertiary/aromatic N) is 1. The number of hydrogen-bond acceptors (Lipinski definition) is 12. The van der Waals surface area contributed by atoms with Gasteiger partial charge in [-0.3, -0.25) is 14.4 Å². The highest BCUT2D eigenvalue weighted by molar-refractivity contribution is 6.80. The molecule has 14 atom stereocenters. The van der Waals surface area contributed by atoms with Gasteiger partial charge < -0.3 is 43.2 Å². The van der Waals surface area contributed by atoms with Crippen LogP contribution in [0.5, 0.6) is 0 Å². The van der Waals surface area contributed by atoms with Crippen LogP contribution < -0.4 is 10.4 Å². The van der Waals surface area contributed by atoms with Crippen LogP contribution in [0.1, 0.15) is 126 Å². The maximum absolute atomic E-state index is 15.0. The third-order valence-electron chi connectivity index (χ3n) is 16.4. The van der Waals surface area contributed by atoms with Crippen molar-refractivity contribution in [2.45, 2.75) is 180 Å². The van der Waals surface area contributed by atoms with Crippen LogP contribution in [-0.4, -0.2) is 130 Å². The lowest BCUT2D eigenvalue weighted by Gasteiger charge is -2.48. The highest BCUT2D eigenvalue weighted by Gasteiger charge is 2.57. The number of hydrogen-bond donors (Lipinski definition) is 2. The van der Waals surface area contributed by atoms with Gasteiger partial charge in [-0.2, -0.15) is 0 Å². The maximum Gasteiger partial charge on any atom is 0.329 e. The topological polar surface area (TPSA) is 167 Å². The maximum atomic E-state index is 15.0. The smallest absolute Gasteiger partial charge is 0.329 e. The average Bonchev–Trinajstić information content (AvgIpc) is 3.38. The van der Waals surface area contributed by atoms with Gasteiger partial charge in [0.1, 0.15) is 24.0 Å². The minimum atomic E-state index is -2.55. The number of carbonyl (C=O) groups is 4. The molecule has 14 unspecified atom stereocenters. The van der Waals surface area contributed by atoms with Gasteiger partial charge in [-0.25, -0.2) is 4.79 Å². The Balaban J connectivity index is 1.48. The summed E-state index contributed by atoms with van der Waals surface area (Å²) in [5.74, 6) is -7.79. The number of Topliss-reactive ketones (excluding diaryl/α,β-unsaturated/α-hetero) is 2. The molecular weight excluding hydrogens is 955 g/mol.